The highest BCUT2D eigenvalue weighted by Gasteiger charge is 2.73. The molecule has 2 heterocycles. The Morgan fingerprint density at radius 3 is 2.78 bits per heavy atom. The maximum absolute atomic E-state index is 11.7. The van der Waals surface area contributed by atoms with E-state index < -0.39 is 0 Å². The van der Waals surface area contributed by atoms with E-state index in [1.807, 2.05) is 18.2 Å². The summed E-state index contributed by atoms with van der Waals surface area (Å²) in [5.74, 6) is 0.535. The van der Waals surface area contributed by atoms with Crippen LogP contribution in [-0.2, 0) is 19.9 Å². The van der Waals surface area contributed by atoms with Crippen molar-refractivity contribution < 1.29 is 14.3 Å². The number of hydrogen-bond acceptors (Lipinski definition) is 3. The largest absolute Gasteiger partial charge is 0.370 e. The van der Waals surface area contributed by atoms with E-state index in [0.717, 1.165) is 6.42 Å². The lowest BCUT2D eigenvalue weighted by atomic mass is 9.78. The summed E-state index contributed by atoms with van der Waals surface area (Å²) in [6, 6.07) is 10.2. The van der Waals surface area contributed by atoms with Crippen LogP contribution in [-0.4, -0.2) is 24.1 Å². The van der Waals surface area contributed by atoms with E-state index in [9.17, 15) is 4.79 Å². The summed E-state index contributed by atoms with van der Waals surface area (Å²) in [7, 11) is 0. The van der Waals surface area contributed by atoms with Gasteiger partial charge in [0.1, 0.15) is 11.7 Å². The number of rotatable bonds is 1. The van der Waals surface area contributed by atoms with Gasteiger partial charge >= 0.3 is 0 Å². The normalized spacial score (nSPS) is 45.5. The Kier molecular flexibility index (Phi) is 1.92. The van der Waals surface area contributed by atoms with Crippen LogP contribution in [0.1, 0.15) is 25.3 Å². The molecule has 18 heavy (non-hydrogen) atoms. The third-order valence-electron chi connectivity index (χ3n) is 4.76. The van der Waals surface area contributed by atoms with Gasteiger partial charge in [0.15, 0.2) is 5.78 Å². The van der Waals surface area contributed by atoms with Gasteiger partial charge in [0.05, 0.1) is 12.2 Å². The maximum atomic E-state index is 11.7. The second kappa shape index (κ2) is 3.22. The van der Waals surface area contributed by atoms with Gasteiger partial charge in [0, 0.05) is 18.8 Å². The summed E-state index contributed by atoms with van der Waals surface area (Å²) in [4.78, 5) is 11.7. The SMILES string of the molecule is C[C@]1(c2ccccc2)C[C@]23O[C@H]2C(=O)C[C@@H]3CO1. The van der Waals surface area contributed by atoms with Crippen molar-refractivity contribution >= 4 is 5.78 Å². The van der Waals surface area contributed by atoms with Crippen molar-refractivity contribution in [1.82, 2.24) is 0 Å². The molecule has 1 aromatic carbocycles. The number of ketones is 1. The second-order valence-corrected chi connectivity index (χ2v) is 5.90. The molecular formula is C15H16O3. The fraction of sp³-hybridized carbons (Fsp3) is 0.533. The highest BCUT2D eigenvalue weighted by atomic mass is 16.6. The van der Waals surface area contributed by atoms with E-state index >= 15 is 0 Å². The van der Waals surface area contributed by atoms with Gasteiger partial charge in [0.25, 0.3) is 0 Å². The van der Waals surface area contributed by atoms with Gasteiger partial charge in [-0.1, -0.05) is 30.3 Å². The zero-order chi connectivity index (χ0) is 12.4. The average Bonchev–Trinajstić information content (AvgIpc) is 3.02. The fourth-order valence-corrected chi connectivity index (χ4v) is 3.67. The summed E-state index contributed by atoms with van der Waals surface area (Å²) in [6.45, 7) is 2.74. The van der Waals surface area contributed by atoms with Crippen molar-refractivity contribution in [1.29, 1.82) is 0 Å². The molecule has 0 amide bonds. The first kappa shape index (κ1) is 10.7. The van der Waals surface area contributed by atoms with Gasteiger partial charge in [-0.3, -0.25) is 4.79 Å². The van der Waals surface area contributed by atoms with Crippen molar-refractivity contribution in [3.8, 4) is 0 Å². The topological polar surface area (TPSA) is 38.8 Å². The molecule has 0 radical (unpaired) electrons. The Morgan fingerprint density at radius 1 is 1.28 bits per heavy atom. The second-order valence-electron chi connectivity index (χ2n) is 5.90. The lowest BCUT2D eigenvalue weighted by molar-refractivity contribution is -0.135. The lowest BCUT2D eigenvalue weighted by Crippen LogP contribution is -2.44. The first-order valence-electron chi connectivity index (χ1n) is 6.54. The van der Waals surface area contributed by atoms with Crippen molar-refractivity contribution in [2.45, 2.75) is 37.1 Å². The molecule has 2 saturated heterocycles. The molecule has 1 aliphatic carbocycles. The Morgan fingerprint density at radius 2 is 2.06 bits per heavy atom. The number of hydrogen-bond donors (Lipinski definition) is 0. The summed E-state index contributed by atoms with van der Waals surface area (Å²) < 4.78 is 11.8. The van der Waals surface area contributed by atoms with E-state index in [0.29, 0.717) is 13.0 Å². The van der Waals surface area contributed by atoms with Crippen LogP contribution in [0.2, 0.25) is 0 Å². The predicted molar refractivity (Wildman–Crippen MR) is 65.1 cm³/mol. The Balaban J connectivity index is 1.68. The number of benzene rings is 1. The zero-order valence-corrected chi connectivity index (χ0v) is 10.4. The van der Waals surface area contributed by atoms with Crippen LogP contribution in [0.3, 0.4) is 0 Å². The molecule has 0 N–H and O–H groups in total. The van der Waals surface area contributed by atoms with Gasteiger partial charge in [0.2, 0.25) is 0 Å². The molecule has 1 spiro atoms. The Bertz CT molecular complexity index is 512. The highest BCUT2D eigenvalue weighted by molar-refractivity contribution is 5.90. The van der Waals surface area contributed by atoms with E-state index in [-0.39, 0.29) is 29.0 Å². The Hall–Kier alpha value is -1.19. The van der Waals surface area contributed by atoms with Crippen molar-refractivity contribution in [2.24, 2.45) is 5.92 Å². The first-order valence-corrected chi connectivity index (χ1v) is 6.54. The first-order chi connectivity index (χ1) is 8.64. The summed E-state index contributed by atoms with van der Waals surface area (Å²) in [5, 5.41) is 0. The minimum absolute atomic E-state index is 0.144. The minimum atomic E-state index is -0.322. The molecule has 94 valence electrons. The average molecular weight is 244 g/mol. The van der Waals surface area contributed by atoms with Crippen molar-refractivity contribution in [3.63, 3.8) is 0 Å². The van der Waals surface area contributed by atoms with Crippen molar-refractivity contribution in [3.05, 3.63) is 35.9 Å². The quantitative estimate of drug-likeness (QED) is 0.710. The predicted octanol–water partition coefficient (Wildman–Crippen LogP) is 2.05. The van der Waals surface area contributed by atoms with E-state index in [1.54, 1.807) is 0 Å². The molecule has 4 atom stereocenters. The maximum Gasteiger partial charge on any atom is 0.165 e. The van der Waals surface area contributed by atoms with Gasteiger partial charge in [-0.2, -0.15) is 0 Å². The van der Waals surface area contributed by atoms with Gasteiger partial charge in [-0.05, 0) is 12.5 Å². The molecule has 0 unspecified atom stereocenters. The molecule has 3 heteroatoms. The van der Waals surface area contributed by atoms with Crippen LogP contribution in [0.25, 0.3) is 0 Å². The molecule has 3 nitrogen and oxygen atoms in total. The number of ether oxygens (including phenoxy) is 2. The summed E-state index contributed by atoms with van der Waals surface area (Å²) in [6.07, 6.45) is 1.29. The van der Waals surface area contributed by atoms with Gasteiger partial charge in [-0.25, -0.2) is 0 Å². The molecule has 1 aromatic rings. The van der Waals surface area contributed by atoms with Crippen LogP contribution in [0.4, 0.5) is 0 Å². The molecule has 1 saturated carbocycles. The number of carbonyl (C=O) groups excluding carboxylic acids is 1. The van der Waals surface area contributed by atoms with E-state index in [1.165, 1.54) is 5.56 Å². The fourth-order valence-electron chi connectivity index (χ4n) is 3.67. The molecular weight excluding hydrogens is 228 g/mol. The van der Waals surface area contributed by atoms with E-state index in [4.69, 9.17) is 9.47 Å². The van der Waals surface area contributed by atoms with Gasteiger partial charge < -0.3 is 9.47 Å². The van der Waals surface area contributed by atoms with E-state index in [2.05, 4.69) is 19.1 Å². The number of carbonyl (C=O) groups is 1. The summed E-state index contributed by atoms with van der Waals surface area (Å²) >= 11 is 0. The smallest absolute Gasteiger partial charge is 0.165 e. The van der Waals surface area contributed by atoms with Crippen LogP contribution >= 0.6 is 0 Å². The zero-order valence-electron chi connectivity index (χ0n) is 10.4. The summed E-state index contributed by atoms with van der Waals surface area (Å²) in [5.41, 5.74) is 0.642. The van der Waals surface area contributed by atoms with Crippen LogP contribution in [0.5, 0.6) is 0 Å². The molecule has 2 aliphatic heterocycles. The van der Waals surface area contributed by atoms with Crippen molar-refractivity contribution in [2.75, 3.05) is 6.61 Å². The lowest BCUT2D eigenvalue weighted by Gasteiger charge is -2.40. The third kappa shape index (κ3) is 1.24. The molecule has 0 aromatic heterocycles. The standard InChI is InChI=1S/C15H16O3/c1-14(10-5-3-2-4-6-10)9-15-11(8-17-14)7-12(16)13(15)18-15/h2-6,11,13H,7-9H2,1H3/t11-,13+,14-,15-/m1/s1. The monoisotopic (exact) mass is 244 g/mol. The van der Waals surface area contributed by atoms with Crippen LogP contribution in [0, 0.1) is 5.92 Å². The molecule has 4 rings (SSSR count). The number of epoxide rings is 1. The van der Waals surface area contributed by atoms with Crippen LogP contribution in [0.15, 0.2) is 30.3 Å². The molecule has 3 fully saturated rings. The third-order valence-corrected chi connectivity index (χ3v) is 4.76. The molecule has 0 bridgehead atoms. The minimum Gasteiger partial charge on any atom is -0.370 e. The Labute approximate surface area is 106 Å². The highest BCUT2D eigenvalue weighted by Crippen LogP contribution is 2.60. The van der Waals surface area contributed by atoms with Gasteiger partial charge in [-0.15, -0.1) is 0 Å². The van der Waals surface area contributed by atoms with Crippen LogP contribution < -0.4 is 0 Å². The molecule has 3 aliphatic rings. The number of Topliss-reactive ketones (excluding diaryl/α,β-unsaturated/α-hetero) is 1.